The van der Waals surface area contributed by atoms with Crippen LogP contribution in [0.4, 0.5) is 0 Å². The van der Waals surface area contributed by atoms with Crippen molar-refractivity contribution in [2.75, 3.05) is 13.2 Å². The molecule has 0 unspecified atom stereocenters. The molecule has 1 saturated heterocycles. The molecule has 1 aliphatic heterocycles. The van der Waals surface area contributed by atoms with Gasteiger partial charge >= 0.3 is 5.97 Å². The highest BCUT2D eigenvalue weighted by Crippen LogP contribution is 2.27. The zero-order valence-electron chi connectivity index (χ0n) is 11.3. The molecule has 0 aromatic rings. The fourth-order valence-corrected chi connectivity index (χ4v) is 2.29. The van der Waals surface area contributed by atoms with E-state index >= 15 is 0 Å². The molecular weight excluding hydrogens is 218 g/mol. The van der Waals surface area contributed by atoms with E-state index in [0.29, 0.717) is 12.5 Å². The van der Waals surface area contributed by atoms with Crippen LogP contribution in [-0.4, -0.2) is 35.9 Å². The summed E-state index contributed by atoms with van der Waals surface area (Å²) < 4.78 is 5.45. The molecule has 0 aromatic heterocycles. The Labute approximate surface area is 104 Å². The average molecular weight is 243 g/mol. The van der Waals surface area contributed by atoms with E-state index in [4.69, 9.17) is 9.84 Å². The van der Waals surface area contributed by atoms with E-state index in [-0.39, 0.29) is 24.4 Å². The van der Waals surface area contributed by atoms with Gasteiger partial charge in [-0.25, -0.2) is 0 Å². The zero-order chi connectivity index (χ0) is 13.1. The van der Waals surface area contributed by atoms with Crippen LogP contribution in [0.5, 0.6) is 0 Å². The normalized spacial score (nSPS) is 30.1. The van der Waals surface area contributed by atoms with Crippen molar-refractivity contribution in [3.05, 3.63) is 0 Å². The van der Waals surface area contributed by atoms with Gasteiger partial charge in [-0.1, -0.05) is 0 Å². The fourth-order valence-electron chi connectivity index (χ4n) is 2.29. The van der Waals surface area contributed by atoms with Gasteiger partial charge in [-0.15, -0.1) is 0 Å². The average Bonchev–Trinajstić information content (AvgIpc) is 2.18. The third kappa shape index (κ3) is 4.64. The second-order valence-corrected chi connectivity index (χ2v) is 5.96. The van der Waals surface area contributed by atoms with E-state index in [9.17, 15) is 4.79 Å². The van der Waals surface area contributed by atoms with E-state index in [1.807, 2.05) is 20.8 Å². The van der Waals surface area contributed by atoms with Crippen LogP contribution in [0.1, 0.15) is 40.5 Å². The number of ether oxygens (including phenoxy) is 1. The van der Waals surface area contributed by atoms with Crippen LogP contribution in [0.3, 0.4) is 0 Å². The van der Waals surface area contributed by atoms with Crippen molar-refractivity contribution in [2.24, 2.45) is 11.8 Å². The number of hydrogen-bond acceptors (Lipinski definition) is 4. The van der Waals surface area contributed by atoms with Crippen LogP contribution in [0.2, 0.25) is 0 Å². The predicted molar refractivity (Wildman–Crippen MR) is 66.6 cm³/mol. The van der Waals surface area contributed by atoms with Crippen molar-refractivity contribution in [1.82, 2.24) is 5.32 Å². The van der Waals surface area contributed by atoms with Crippen LogP contribution < -0.4 is 5.32 Å². The van der Waals surface area contributed by atoms with Crippen molar-refractivity contribution in [1.29, 1.82) is 0 Å². The van der Waals surface area contributed by atoms with Crippen molar-refractivity contribution >= 4 is 5.97 Å². The summed E-state index contributed by atoms with van der Waals surface area (Å²) in [5.41, 5.74) is -0.436. The lowest BCUT2D eigenvalue weighted by Crippen LogP contribution is -2.47. The van der Waals surface area contributed by atoms with Crippen LogP contribution in [0.15, 0.2) is 0 Å². The van der Waals surface area contributed by atoms with E-state index in [1.165, 1.54) is 0 Å². The van der Waals surface area contributed by atoms with E-state index in [0.717, 1.165) is 13.0 Å². The number of carbonyl (C=O) groups is 1. The number of aliphatic hydroxyl groups is 1. The number of hydrogen-bond donors (Lipinski definition) is 2. The highest BCUT2D eigenvalue weighted by atomic mass is 16.6. The second-order valence-electron chi connectivity index (χ2n) is 5.96. The summed E-state index contributed by atoms with van der Waals surface area (Å²) in [6.45, 7) is 8.64. The van der Waals surface area contributed by atoms with Gasteiger partial charge < -0.3 is 15.2 Å². The van der Waals surface area contributed by atoms with E-state index < -0.39 is 5.60 Å². The van der Waals surface area contributed by atoms with Gasteiger partial charge in [0.05, 0.1) is 5.92 Å². The van der Waals surface area contributed by atoms with E-state index in [2.05, 4.69) is 12.2 Å². The first-order valence-electron chi connectivity index (χ1n) is 6.40. The van der Waals surface area contributed by atoms with Gasteiger partial charge in [0.2, 0.25) is 0 Å². The van der Waals surface area contributed by atoms with Gasteiger partial charge in [-0.2, -0.15) is 0 Å². The monoisotopic (exact) mass is 243 g/mol. The number of rotatable bonds is 3. The second kappa shape index (κ2) is 5.83. The first kappa shape index (κ1) is 14.5. The molecule has 0 radical (unpaired) electrons. The summed E-state index contributed by atoms with van der Waals surface area (Å²) in [6, 6.07) is 0.336. The van der Waals surface area contributed by atoms with Crippen LogP contribution in [0.25, 0.3) is 0 Å². The van der Waals surface area contributed by atoms with Crippen molar-refractivity contribution in [3.8, 4) is 0 Å². The van der Waals surface area contributed by atoms with Gasteiger partial charge in [0.15, 0.2) is 0 Å². The van der Waals surface area contributed by atoms with Gasteiger partial charge in [-0.3, -0.25) is 4.79 Å². The molecule has 100 valence electrons. The molecule has 0 aliphatic carbocycles. The highest BCUT2D eigenvalue weighted by molar-refractivity contribution is 5.73. The summed E-state index contributed by atoms with van der Waals surface area (Å²) in [5, 5.41) is 12.4. The molecule has 4 heteroatoms. The Kier molecular flexibility index (Phi) is 4.95. The molecule has 0 amide bonds. The Balaban J connectivity index is 2.65. The highest BCUT2D eigenvalue weighted by Gasteiger charge is 2.35. The molecule has 4 nitrogen and oxygen atoms in total. The predicted octanol–water partition coefficient (Wildman–Crippen LogP) is 1.32. The van der Waals surface area contributed by atoms with Gasteiger partial charge in [0.1, 0.15) is 5.60 Å². The molecule has 0 saturated carbocycles. The minimum Gasteiger partial charge on any atom is -0.460 e. The maximum atomic E-state index is 12.1. The Morgan fingerprint density at radius 1 is 1.47 bits per heavy atom. The molecule has 1 aliphatic rings. The summed E-state index contributed by atoms with van der Waals surface area (Å²) in [7, 11) is 0. The number of nitrogens with one attached hydrogen (secondary N) is 1. The minimum absolute atomic E-state index is 0.0855. The van der Waals surface area contributed by atoms with Crippen LogP contribution in [0, 0.1) is 11.8 Å². The number of carbonyl (C=O) groups excluding carboxylic acids is 1. The summed E-state index contributed by atoms with van der Waals surface area (Å²) in [5.74, 6) is -0.0204. The topological polar surface area (TPSA) is 58.6 Å². The largest absolute Gasteiger partial charge is 0.460 e. The number of piperidine rings is 1. The Hall–Kier alpha value is -0.610. The molecule has 1 heterocycles. The molecular formula is C13H25NO3. The molecule has 1 fully saturated rings. The third-order valence-electron chi connectivity index (χ3n) is 3.11. The Morgan fingerprint density at radius 2 is 2.12 bits per heavy atom. The van der Waals surface area contributed by atoms with Crippen molar-refractivity contribution in [3.63, 3.8) is 0 Å². The van der Waals surface area contributed by atoms with E-state index in [1.54, 1.807) is 0 Å². The number of aliphatic hydroxyl groups excluding tert-OH is 1. The molecule has 2 N–H and O–H groups in total. The summed E-state index contributed by atoms with van der Waals surface area (Å²) in [6.07, 6.45) is 1.45. The van der Waals surface area contributed by atoms with Crippen LogP contribution >= 0.6 is 0 Å². The standard InChI is InChI=1S/C13H25NO3/c1-9-7-11(10(5-6-15)8-14-9)12(16)17-13(2,3)4/h9-11,14-15H,5-8H2,1-4H3/t9-,10+,11+/m0/s1. The lowest BCUT2D eigenvalue weighted by molar-refractivity contribution is -0.163. The first-order chi connectivity index (χ1) is 7.83. The van der Waals surface area contributed by atoms with Gasteiger partial charge in [0.25, 0.3) is 0 Å². The molecule has 17 heavy (non-hydrogen) atoms. The first-order valence-corrected chi connectivity index (χ1v) is 6.40. The lowest BCUT2D eigenvalue weighted by Gasteiger charge is -2.35. The zero-order valence-corrected chi connectivity index (χ0v) is 11.3. The maximum Gasteiger partial charge on any atom is 0.309 e. The Morgan fingerprint density at radius 3 is 2.65 bits per heavy atom. The third-order valence-corrected chi connectivity index (χ3v) is 3.11. The fraction of sp³-hybridized carbons (Fsp3) is 0.923. The number of esters is 1. The molecule has 0 spiro atoms. The maximum absolute atomic E-state index is 12.1. The minimum atomic E-state index is -0.436. The Bertz CT molecular complexity index is 260. The van der Waals surface area contributed by atoms with Crippen molar-refractivity contribution in [2.45, 2.75) is 52.2 Å². The molecule has 0 aromatic carbocycles. The summed E-state index contributed by atoms with van der Waals surface area (Å²) >= 11 is 0. The van der Waals surface area contributed by atoms with Crippen molar-refractivity contribution < 1.29 is 14.6 Å². The lowest BCUT2D eigenvalue weighted by atomic mass is 9.81. The van der Waals surface area contributed by atoms with Crippen LogP contribution in [-0.2, 0) is 9.53 Å². The van der Waals surface area contributed by atoms with Gasteiger partial charge in [0, 0.05) is 12.6 Å². The quantitative estimate of drug-likeness (QED) is 0.734. The smallest absolute Gasteiger partial charge is 0.309 e. The molecule has 1 rings (SSSR count). The molecule has 3 atom stereocenters. The molecule has 0 bridgehead atoms. The SMILES string of the molecule is C[C@H]1C[C@@H](C(=O)OC(C)(C)C)[C@H](CCO)CN1. The summed E-state index contributed by atoms with van der Waals surface area (Å²) in [4.78, 5) is 12.1. The van der Waals surface area contributed by atoms with Gasteiger partial charge in [-0.05, 0) is 53.0 Å².